The summed E-state index contributed by atoms with van der Waals surface area (Å²) >= 11 is 1.73. The average Bonchev–Trinajstić information content (AvgIpc) is 3.08. The van der Waals surface area contributed by atoms with Crippen LogP contribution in [0.4, 0.5) is 0 Å². The summed E-state index contributed by atoms with van der Waals surface area (Å²) in [4.78, 5) is 4.38. The van der Waals surface area contributed by atoms with Gasteiger partial charge in [0.1, 0.15) is 12.4 Å². The third kappa shape index (κ3) is 6.10. The number of thioether (sulfide) groups is 1. The van der Waals surface area contributed by atoms with Crippen LogP contribution in [0.5, 0.6) is 5.75 Å². The largest absolute Gasteiger partial charge is 0.486 e. The minimum atomic E-state index is 0.426. The number of ether oxygens (including phenoxy) is 1. The zero-order chi connectivity index (χ0) is 18.9. The van der Waals surface area contributed by atoms with E-state index in [1.54, 1.807) is 11.8 Å². The molecule has 3 aromatic rings. The Morgan fingerprint density at radius 2 is 1.85 bits per heavy atom. The molecule has 3 rings (SSSR count). The predicted molar refractivity (Wildman–Crippen MR) is 109 cm³/mol. The predicted octanol–water partition coefficient (Wildman–Crippen LogP) is 4.63. The first-order chi connectivity index (χ1) is 13.2. The molecule has 0 amide bonds. The molecule has 6 heteroatoms. The topological polar surface area (TPSA) is 52.8 Å². The first-order valence-electron chi connectivity index (χ1n) is 9.35. The van der Waals surface area contributed by atoms with E-state index >= 15 is 0 Å². The summed E-state index contributed by atoms with van der Waals surface area (Å²) in [5.41, 5.74) is 1.10. The maximum absolute atomic E-state index is 5.88. The van der Waals surface area contributed by atoms with Gasteiger partial charge < -0.3 is 9.30 Å². The Morgan fingerprint density at radius 1 is 1.04 bits per heavy atom. The van der Waals surface area contributed by atoms with E-state index in [0.29, 0.717) is 12.5 Å². The molecule has 27 heavy (non-hydrogen) atoms. The summed E-state index contributed by atoms with van der Waals surface area (Å²) in [6.07, 6.45) is 3.84. The van der Waals surface area contributed by atoms with Gasteiger partial charge in [0.2, 0.25) is 0 Å². The number of hydrogen-bond acceptors (Lipinski definition) is 5. The zero-order valence-electron chi connectivity index (χ0n) is 15.9. The van der Waals surface area contributed by atoms with Crippen LogP contribution in [0.15, 0.2) is 59.9 Å². The van der Waals surface area contributed by atoms with E-state index < -0.39 is 0 Å². The SMILES string of the molecule is CC(C)CCn1c(COc2ccccc2)nnc1SCCc1ccccn1. The molecule has 0 aliphatic carbocycles. The van der Waals surface area contributed by atoms with Crippen LogP contribution in [-0.4, -0.2) is 25.5 Å². The molecule has 0 radical (unpaired) electrons. The smallest absolute Gasteiger partial charge is 0.191 e. The molecule has 0 N–H and O–H groups in total. The molecule has 5 nitrogen and oxygen atoms in total. The molecule has 0 atom stereocenters. The summed E-state index contributed by atoms with van der Waals surface area (Å²) in [7, 11) is 0. The number of nitrogens with zero attached hydrogens (tertiary/aromatic N) is 4. The maximum Gasteiger partial charge on any atom is 0.191 e. The first kappa shape index (κ1) is 19.4. The molecule has 0 aliphatic heterocycles. The molecule has 1 aromatic carbocycles. The van der Waals surface area contributed by atoms with Crippen LogP contribution in [0.25, 0.3) is 0 Å². The van der Waals surface area contributed by atoms with E-state index in [-0.39, 0.29) is 0 Å². The quantitative estimate of drug-likeness (QED) is 0.478. The van der Waals surface area contributed by atoms with Gasteiger partial charge in [0.25, 0.3) is 0 Å². The number of rotatable bonds is 10. The molecule has 0 aliphatic rings. The lowest BCUT2D eigenvalue weighted by molar-refractivity contribution is 0.285. The van der Waals surface area contributed by atoms with Crippen molar-refractivity contribution in [1.29, 1.82) is 0 Å². The Bertz CT molecular complexity index is 806. The Morgan fingerprint density at radius 3 is 2.59 bits per heavy atom. The first-order valence-corrected chi connectivity index (χ1v) is 10.3. The monoisotopic (exact) mass is 382 g/mol. The van der Waals surface area contributed by atoms with E-state index in [0.717, 1.165) is 47.6 Å². The highest BCUT2D eigenvalue weighted by atomic mass is 32.2. The van der Waals surface area contributed by atoms with Crippen LogP contribution in [0.1, 0.15) is 31.8 Å². The highest BCUT2D eigenvalue weighted by molar-refractivity contribution is 7.99. The van der Waals surface area contributed by atoms with Crippen molar-refractivity contribution in [3.05, 3.63) is 66.2 Å². The molecule has 0 fully saturated rings. The van der Waals surface area contributed by atoms with Crippen molar-refractivity contribution in [3.8, 4) is 5.75 Å². The number of aryl methyl sites for hydroxylation is 1. The van der Waals surface area contributed by atoms with Crippen LogP contribution in [0.2, 0.25) is 0 Å². The number of para-hydroxylation sites is 1. The molecular weight excluding hydrogens is 356 g/mol. The average molecular weight is 383 g/mol. The van der Waals surface area contributed by atoms with Gasteiger partial charge in [0.05, 0.1) is 0 Å². The lowest BCUT2D eigenvalue weighted by atomic mass is 10.1. The second-order valence-corrected chi connectivity index (χ2v) is 7.82. The molecule has 0 saturated heterocycles. The summed E-state index contributed by atoms with van der Waals surface area (Å²) in [5.74, 6) is 3.28. The van der Waals surface area contributed by atoms with Crippen LogP contribution in [0.3, 0.4) is 0 Å². The van der Waals surface area contributed by atoms with Gasteiger partial charge in [-0.05, 0) is 43.0 Å². The van der Waals surface area contributed by atoms with Gasteiger partial charge in [-0.1, -0.05) is 49.9 Å². The van der Waals surface area contributed by atoms with Crippen molar-refractivity contribution >= 4 is 11.8 Å². The van der Waals surface area contributed by atoms with Gasteiger partial charge in [-0.15, -0.1) is 10.2 Å². The van der Waals surface area contributed by atoms with Crippen LogP contribution >= 0.6 is 11.8 Å². The summed E-state index contributed by atoms with van der Waals surface area (Å²) < 4.78 is 8.08. The van der Waals surface area contributed by atoms with Gasteiger partial charge >= 0.3 is 0 Å². The van der Waals surface area contributed by atoms with Gasteiger partial charge in [0.15, 0.2) is 11.0 Å². The molecule has 142 valence electrons. The number of hydrogen-bond donors (Lipinski definition) is 0. The van der Waals surface area contributed by atoms with Crippen LogP contribution in [-0.2, 0) is 19.6 Å². The fourth-order valence-electron chi connectivity index (χ4n) is 2.60. The molecule has 0 unspecified atom stereocenters. The normalized spacial score (nSPS) is 11.1. The fraction of sp³-hybridized carbons (Fsp3) is 0.381. The number of benzene rings is 1. The van der Waals surface area contributed by atoms with Crippen molar-refractivity contribution in [3.63, 3.8) is 0 Å². The maximum atomic E-state index is 5.88. The van der Waals surface area contributed by atoms with Gasteiger partial charge in [0, 0.05) is 24.2 Å². The summed E-state index contributed by atoms with van der Waals surface area (Å²) in [5, 5.41) is 9.76. The lowest BCUT2D eigenvalue weighted by Gasteiger charge is -2.12. The molecule has 0 spiro atoms. The van der Waals surface area contributed by atoms with E-state index in [1.165, 1.54) is 0 Å². The van der Waals surface area contributed by atoms with Gasteiger partial charge in [-0.3, -0.25) is 4.98 Å². The van der Waals surface area contributed by atoms with Crippen LogP contribution in [0, 0.1) is 5.92 Å². The molecule has 2 heterocycles. The number of aromatic nitrogens is 4. The lowest BCUT2D eigenvalue weighted by Crippen LogP contribution is -2.10. The number of pyridine rings is 1. The van der Waals surface area contributed by atoms with Crippen molar-refractivity contribution < 1.29 is 4.74 Å². The van der Waals surface area contributed by atoms with Crippen molar-refractivity contribution in [1.82, 2.24) is 19.7 Å². The highest BCUT2D eigenvalue weighted by Gasteiger charge is 2.14. The highest BCUT2D eigenvalue weighted by Crippen LogP contribution is 2.21. The summed E-state index contributed by atoms with van der Waals surface area (Å²) in [6.45, 7) is 5.80. The third-order valence-corrected chi connectivity index (χ3v) is 5.12. The molecular formula is C21H26N4OS. The second kappa shape index (κ2) is 10.1. The van der Waals surface area contributed by atoms with E-state index in [1.807, 2.05) is 48.7 Å². The van der Waals surface area contributed by atoms with Gasteiger partial charge in [-0.2, -0.15) is 0 Å². The Labute approximate surface area is 165 Å². The Kier molecular flexibility index (Phi) is 7.27. The minimum Gasteiger partial charge on any atom is -0.486 e. The van der Waals surface area contributed by atoms with E-state index in [2.05, 4.69) is 39.7 Å². The third-order valence-electron chi connectivity index (χ3n) is 4.15. The zero-order valence-corrected chi connectivity index (χ0v) is 16.7. The van der Waals surface area contributed by atoms with Crippen molar-refractivity contribution in [2.75, 3.05) is 5.75 Å². The van der Waals surface area contributed by atoms with Crippen molar-refractivity contribution in [2.24, 2.45) is 5.92 Å². The second-order valence-electron chi connectivity index (χ2n) is 6.75. The van der Waals surface area contributed by atoms with E-state index in [4.69, 9.17) is 4.74 Å². The standard InChI is InChI=1S/C21H26N4OS/c1-17(2)11-14-25-20(16-26-19-9-4-3-5-10-19)23-24-21(25)27-15-12-18-8-6-7-13-22-18/h3-10,13,17H,11-12,14-16H2,1-2H3. The Balaban J connectivity index is 1.64. The minimum absolute atomic E-state index is 0.426. The Hall–Kier alpha value is -2.34. The van der Waals surface area contributed by atoms with Crippen molar-refractivity contribution in [2.45, 2.75) is 45.0 Å². The van der Waals surface area contributed by atoms with Crippen LogP contribution < -0.4 is 4.74 Å². The van der Waals surface area contributed by atoms with Gasteiger partial charge in [-0.25, -0.2) is 0 Å². The fourth-order valence-corrected chi connectivity index (χ4v) is 3.55. The molecule has 0 saturated carbocycles. The molecule has 2 aromatic heterocycles. The molecule has 0 bridgehead atoms. The van der Waals surface area contributed by atoms with E-state index in [9.17, 15) is 0 Å². The summed E-state index contributed by atoms with van der Waals surface area (Å²) in [6, 6.07) is 15.9.